The summed E-state index contributed by atoms with van der Waals surface area (Å²) in [6, 6.07) is 4.52. The molecule has 5 rings (SSSR count). The Balaban J connectivity index is 1.41. The number of aldehydes is 1. The zero-order chi connectivity index (χ0) is 23.7. The van der Waals surface area contributed by atoms with Crippen LogP contribution in [0.15, 0.2) is 24.4 Å². The number of hydrogen-bond acceptors (Lipinski definition) is 7. The first kappa shape index (κ1) is 23.1. The van der Waals surface area contributed by atoms with Crippen LogP contribution in [0.1, 0.15) is 30.1 Å². The van der Waals surface area contributed by atoms with Gasteiger partial charge in [-0.3, -0.25) is 14.7 Å². The molecule has 0 saturated carbocycles. The number of ether oxygens (including phenoxy) is 2. The van der Waals surface area contributed by atoms with Crippen molar-refractivity contribution in [2.75, 3.05) is 63.9 Å². The summed E-state index contributed by atoms with van der Waals surface area (Å²) in [4.78, 5) is 35.3. The number of nitrogens with zero attached hydrogens (tertiary/aromatic N) is 4. The molecule has 1 atom stereocenters. The maximum absolute atomic E-state index is 14.3. The summed E-state index contributed by atoms with van der Waals surface area (Å²) in [5.41, 5.74) is 1.89. The molecule has 2 aromatic rings. The number of rotatable bonds is 5. The summed E-state index contributed by atoms with van der Waals surface area (Å²) < 4.78 is 26.0. The fourth-order valence-electron chi connectivity index (χ4n) is 5.26. The molecule has 1 amide bonds. The smallest absolute Gasteiger partial charge is 0.257 e. The lowest BCUT2D eigenvalue weighted by atomic mass is 9.99. The molecule has 0 aliphatic carbocycles. The third-order valence-corrected chi connectivity index (χ3v) is 7.13. The maximum Gasteiger partial charge on any atom is 0.257 e. The molecule has 3 aliphatic heterocycles. The van der Waals surface area contributed by atoms with Crippen LogP contribution in [0.5, 0.6) is 0 Å². The highest BCUT2D eigenvalue weighted by Crippen LogP contribution is 2.37. The first-order valence-electron chi connectivity index (χ1n) is 12.1. The lowest BCUT2D eigenvalue weighted by molar-refractivity contribution is -0.169. The third kappa shape index (κ3) is 4.52. The van der Waals surface area contributed by atoms with E-state index in [2.05, 4.69) is 14.8 Å². The third-order valence-electron chi connectivity index (χ3n) is 7.13. The van der Waals surface area contributed by atoms with Crippen LogP contribution < -0.4 is 4.90 Å². The fourth-order valence-corrected chi connectivity index (χ4v) is 5.26. The van der Waals surface area contributed by atoms with Crippen molar-refractivity contribution in [3.63, 3.8) is 0 Å². The van der Waals surface area contributed by atoms with Crippen LogP contribution in [0.25, 0.3) is 10.9 Å². The summed E-state index contributed by atoms with van der Waals surface area (Å²) in [6.07, 6.45) is 3.97. The van der Waals surface area contributed by atoms with Gasteiger partial charge in [0, 0.05) is 76.2 Å². The van der Waals surface area contributed by atoms with Crippen LogP contribution in [0, 0.1) is 11.7 Å². The number of piperazine rings is 1. The molecule has 0 N–H and O–H groups in total. The van der Waals surface area contributed by atoms with Gasteiger partial charge in [0.25, 0.3) is 5.91 Å². The van der Waals surface area contributed by atoms with Gasteiger partial charge in [0.2, 0.25) is 0 Å². The van der Waals surface area contributed by atoms with Crippen molar-refractivity contribution in [2.45, 2.75) is 25.6 Å². The molecule has 1 aromatic heterocycles. The normalized spacial score (nSPS) is 21.8. The van der Waals surface area contributed by atoms with Crippen molar-refractivity contribution < 1.29 is 23.5 Å². The van der Waals surface area contributed by atoms with E-state index in [1.807, 2.05) is 11.8 Å². The lowest BCUT2D eigenvalue weighted by Crippen LogP contribution is -2.50. The highest BCUT2D eigenvalue weighted by Gasteiger charge is 2.41. The van der Waals surface area contributed by atoms with E-state index in [1.165, 1.54) is 12.1 Å². The molecule has 3 fully saturated rings. The van der Waals surface area contributed by atoms with Gasteiger partial charge in [-0.25, -0.2) is 4.39 Å². The molecular weight excluding hydrogens is 439 g/mol. The monoisotopic (exact) mass is 470 g/mol. The highest BCUT2D eigenvalue weighted by atomic mass is 19.1. The van der Waals surface area contributed by atoms with Gasteiger partial charge in [-0.1, -0.05) is 6.92 Å². The number of hydrogen-bond donors (Lipinski definition) is 0. The summed E-state index contributed by atoms with van der Waals surface area (Å²) in [5.74, 6) is -1.01. The van der Waals surface area contributed by atoms with E-state index in [9.17, 15) is 14.0 Å². The van der Waals surface area contributed by atoms with Crippen molar-refractivity contribution in [3.05, 3.63) is 35.8 Å². The lowest BCUT2D eigenvalue weighted by Gasteiger charge is -2.40. The second-order valence-corrected chi connectivity index (χ2v) is 9.48. The van der Waals surface area contributed by atoms with Gasteiger partial charge >= 0.3 is 0 Å². The number of benzene rings is 1. The fraction of sp³-hybridized carbons (Fsp3) is 0.560. The van der Waals surface area contributed by atoms with Crippen molar-refractivity contribution in [2.24, 2.45) is 5.92 Å². The number of fused-ring (bicyclic) bond motifs is 1. The SMILES string of the molecule is CC(C=O)CN1CCN(C(=O)c2cnc3ccc(F)cc3c2N2CCC3(CC2)OCCO3)CC1. The molecule has 0 radical (unpaired) electrons. The van der Waals surface area contributed by atoms with Crippen LogP contribution in [0.3, 0.4) is 0 Å². The number of carbonyl (C=O) groups is 2. The van der Waals surface area contributed by atoms with Gasteiger partial charge in [-0.15, -0.1) is 0 Å². The van der Waals surface area contributed by atoms with Gasteiger partial charge in [0.15, 0.2) is 5.79 Å². The zero-order valence-corrected chi connectivity index (χ0v) is 19.5. The minimum atomic E-state index is -0.538. The summed E-state index contributed by atoms with van der Waals surface area (Å²) in [7, 11) is 0. The molecule has 182 valence electrons. The van der Waals surface area contributed by atoms with E-state index in [0.29, 0.717) is 75.2 Å². The van der Waals surface area contributed by atoms with Gasteiger partial charge in [0.1, 0.15) is 12.1 Å². The van der Waals surface area contributed by atoms with E-state index in [4.69, 9.17) is 9.47 Å². The average molecular weight is 471 g/mol. The van der Waals surface area contributed by atoms with Gasteiger partial charge < -0.3 is 24.1 Å². The quantitative estimate of drug-likeness (QED) is 0.621. The van der Waals surface area contributed by atoms with Crippen molar-refractivity contribution in [1.29, 1.82) is 0 Å². The summed E-state index contributed by atoms with van der Waals surface area (Å²) in [6.45, 7) is 7.70. The van der Waals surface area contributed by atoms with Crippen LogP contribution in [0.4, 0.5) is 10.1 Å². The highest BCUT2D eigenvalue weighted by molar-refractivity contribution is 6.07. The first-order chi connectivity index (χ1) is 16.5. The number of halogens is 1. The predicted molar refractivity (Wildman–Crippen MR) is 125 cm³/mol. The van der Waals surface area contributed by atoms with E-state index in [1.54, 1.807) is 12.3 Å². The van der Waals surface area contributed by atoms with E-state index >= 15 is 0 Å². The molecule has 9 heteroatoms. The van der Waals surface area contributed by atoms with Crippen LogP contribution in [-0.4, -0.2) is 91.8 Å². The molecule has 8 nitrogen and oxygen atoms in total. The Bertz CT molecular complexity index is 1060. The molecule has 1 spiro atoms. The number of carbonyl (C=O) groups excluding carboxylic acids is 2. The van der Waals surface area contributed by atoms with Gasteiger partial charge in [-0.2, -0.15) is 0 Å². The molecule has 0 bridgehead atoms. The Morgan fingerprint density at radius 3 is 2.53 bits per heavy atom. The summed E-state index contributed by atoms with van der Waals surface area (Å²) >= 11 is 0. The van der Waals surface area contributed by atoms with E-state index in [0.717, 1.165) is 25.1 Å². The Labute approximate surface area is 198 Å². The Kier molecular flexibility index (Phi) is 6.50. The minimum Gasteiger partial charge on any atom is -0.370 e. The number of pyridine rings is 1. The predicted octanol–water partition coefficient (Wildman–Crippen LogP) is 2.31. The molecule has 1 unspecified atom stereocenters. The van der Waals surface area contributed by atoms with E-state index < -0.39 is 5.79 Å². The van der Waals surface area contributed by atoms with Crippen molar-refractivity contribution >= 4 is 28.8 Å². The van der Waals surface area contributed by atoms with Crippen LogP contribution >= 0.6 is 0 Å². The average Bonchev–Trinajstić information content (AvgIpc) is 3.31. The van der Waals surface area contributed by atoms with Gasteiger partial charge in [0.05, 0.1) is 30.0 Å². The van der Waals surface area contributed by atoms with E-state index in [-0.39, 0.29) is 17.6 Å². The summed E-state index contributed by atoms with van der Waals surface area (Å²) in [5, 5.41) is 0.647. The first-order valence-corrected chi connectivity index (χ1v) is 12.1. The topological polar surface area (TPSA) is 75.2 Å². The van der Waals surface area contributed by atoms with Crippen LogP contribution in [0.2, 0.25) is 0 Å². The number of anilines is 1. The molecular formula is C25H31FN4O4. The number of amides is 1. The largest absolute Gasteiger partial charge is 0.370 e. The standard InChI is InChI=1S/C25H31FN4O4/c1-18(17-31)16-28-8-10-30(11-9-28)24(32)21-15-27-22-3-2-19(26)14-20(22)23(21)29-6-4-25(5-7-29)33-12-13-34-25/h2-3,14-15,17-18H,4-13,16H2,1H3. The molecule has 3 saturated heterocycles. The Morgan fingerprint density at radius 2 is 1.85 bits per heavy atom. The van der Waals surface area contributed by atoms with Crippen molar-refractivity contribution in [3.8, 4) is 0 Å². The molecule has 34 heavy (non-hydrogen) atoms. The second-order valence-electron chi connectivity index (χ2n) is 9.48. The minimum absolute atomic E-state index is 0.0244. The molecule has 4 heterocycles. The maximum atomic E-state index is 14.3. The number of aromatic nitrogens is 1. The Hall–Kier alpha value is -2.62. The zero-order valence-electron chi connectivity index (χ0n) is 19.5. The van der Waals surface area contributed by atoms with Crippen LogP contribution in [-0.2, 0) is 14.3 Å². The van der Waals surface area contributed by atoms with Crippen molar-refractivity contribution in [1.82, 2.24) is 14.8 Å². The molecule has 1 aromatic carbocycles. The second kappa shape index (κ2) is 9.56. The van der Waals surface area contributed by atoms with Gasteiger partial charge in [-0.05, 0) is 18.2 Å². The molecule has 3 aliphatic rings. The number of piperidine rings is 1. The Morgan fingerprint density at radius 1 is 1.15 bits per heavy atom.